The number of nitrogens with zero attached hydrogens (tertiary/aromatic N) is 3. The first-order valence-electron chi connectivity index (χ1n) is 5.24. The lowest BCUT2D eigenvalue weighted by molar-refractivity contribution is -0.141. The summed E-state index contributed by atoms with van der Waals surface area (Å²) in [6.07, 6.45) is -2.86. The molecular formula is C10H10F3N5S. The Labute approximate surface area is 110 Å². The van der Waals surface area contributed by atoms with E-state index in [9.17, 15) is 13.2 Å². The van der Waals surface area contributed by atoms with Gasteiger partial charge in [0.2, 0.25) is 5.95 Å². The van der Waals surface area contributed by atoms with Gasteiger partial charge in [0.1, 0.15) is 5.82 Å². The quantitative estimate of drug-likeness (QED) is 0.906. The molecule has 0 spiro atoms. The summed E-state index contributed by atoms with van der Waals surface area (Å²) in [4.78, 5) is 12.1. The lowest BCUT2D eigenvalue weighted by atomic mass is 10.3. The number of aromatic nitrogens is 3. The van der Waals surface area contributed by atoms with Gasteiger partial charge in [-0.2, -0.15) is 18.2 Å². The summed E-state index contributed by atoms with van der Waals surface area (Å²) in [5, 5.41) is 5.31. The van der Waals surface area contributed by atoms with Crippen LogP contribution < -0.4 is 10.6 Å². The van der Waals surface area contributed by atoms with Crippen LogP contribution in [-0.2, 0) is 12.7 Å². The van der Waals surface area contributed by atoms with Crippen LogP contribution in [0.4, 0.5) is 24.9 Å². The lowest BCUT2D eigenvalue weighted by Gasteiger charge is -2.10. The van der Waals surface area contributed by atoms with Crippen LogP contribution in [0.2, 0.25) is 0 Å². The molecule has 0 fully saturated rings. The normalized spacial score (nSPS) is 11.4. The van der Waals surface area contributed by atoms with Gasteiger partial charge < -0.3 is 10.6 Å². The van der Waals surface area contributed by atoms with Crippen molar-refractivity contribution in [3.63, 3.8) is 0 Å². The minimum absolute atomic E-state index is 0.0818. The number of hydrogen-bond donors (Lipinski definition) is 2. The summed E-state index contributed by atoms with van der Waals surface area (Å²) in [7, 11) is 1.46. The largest absolute Gasteiger partial charge is 0.433 e. The highest BCUT2D eigenvalue weighted by molar-refractivity contribution is 7.09. The van der Waals surface area contributed by atoms with Crippen LogP contribution >= 0.6 is 11.3 Å². The van der Waals surface area contributed by atoms with Crippen molar-refractivity contribution in [1.82, 2.24) is 15.0 Å². The van der Waals surface area contributed by atoms with Gasteiger partial charge >= 0.3 is 6.18 Å². The summed E-state index contributed by atoms with van der Waals surface area (Å²) in [6, 6.07) is 0.877. The van der Waals surface area contributed by atoms with E-state index in [1.54, 1.807) is 11.7 Å². The van der Waals surface area contributed by atoms with Crippen LogP contribution in [0.25, 0.3) is 0 Å². The van der Waals surface area contributed by atoms with E-state index in [1.807, 2.05) is 0 Å². The number of alkyl halides is 3. The zero-order chi connectivity index (χ0) is 13.9. The molecule has 0 aliphatic rings. The molecule has 0 aliphatic carbocycles. The molecule has 0 saturated heterocycles. The Hall–Kier alpha value is -1.90. The molecule has 0 radical (unpaired) electrons. The van der Waals surface area contributed by atoms with Gasteiger partial charge in [0, 0.05) is 24.2 Å². The molecule has 0 amide bonds. The fourth-order valence-electron chi connectivity index (χ4n) is 1.30. The van der Waals surface area contributed by atoms with E-state index in [1.165, 1.54) is 18.4 Å². The van der Waals surface area contributed by atoms with Crippen LogP contribution in [0.3, 0.4) is 0 Å². The van der Waals surface area contributed by atoms with Crippen LogP contribution in [0, 0.1) is 0 Å². The molecular weight excluding hydrogens is 279 g/mol. The van der Waals surface area contributed by atoms with Crippen molar-refractivity contribution < 1.29 is 13.2 Å². The van der Waals surface area contributed by atoms with Crippen molar-refractivity contribution >= 4 is 23.1 Å². The molecule has 0 unspecified atom stereocenters. The minimum Gasteiger partial charge on any atom is -0.365 e. The van der Waals surface area contributed by atoms with E-state index >= 15 is 0 Å². The zero-order valence-corrected chi connectivity index (χ0v) is 10.6. The monoisotopic (exact) mass is 289 g/mol. The van der Waals surface area contributed by atoms with Crippen molar-refractivity contribution in [1.29, 1.82) is 0 Å². The SMILES string of the molecule is CNc1nc(NCc2cncs2)cc(C(F)(F)F)n1. The number of thiazole rings is 1. The minimum atomic E-state index is -4.50. The molecule has 19 heavy (non-hydrogen) atoms. The number of anilines is 2. The zero-order valence-electron chi connectivity index (χ0n) is 9.82. The summed E-state index contributed by atoms with van der Waals surface area (Å²) in [6.45, 7) is 0.363. The molecule has 2 N–H and O–H groups in total. The maximum atomic E-state index is 12.6. The first-order chi connectivity index (χ1) is 8.99. The Morgan fingerprint density at radius 2 is 2.11 bits per heavy atom. The van der Waals surface area contributed by atoms with Gasteiger partial charge in [-0.15, -0.1) is 11.3 Å². The van der Waals surface area contributed by atoms with E-state index in [4.69, 9.17) is 0 Å². The summed E-state index contributed by atoms with van der Waals surface area (Å²) in [5.74, 6) is 0.0294. The fourth-order valence-corrected chi connectivity index (χ4v) is 1.84. The molecule has 0 saturated carbocycles. The second-order valence-electron chi connectivity index (χ2n) is 3.53. The fraction of sp³-hybridized carbons (Fsp3) is 0.300. The second-order valence-corrected chi connectivity index (χ2v) is 4.50. The molecule has 9 heteroatoms. The van der Waals surface area contributed by atoms with E-state index in [-0.39, 0.29) is 11.8 Å². The molecule has 0 atom stereocenters. The van der Waals surface area contributed by atoms with Crippen LogP contribution in [0.1, 0.15) is 10.6 Å². The summed E-state index contributed by atoms with van der Waals surface area (Å²) < 4.78 is 37.9. The highest BCUT2D eigenvalue weighted by atomic mass is 32.1. The topological polar surface area (TPSA) is 62.7 Å². The second kappa shape index (κ2) is 5.39. The van der Waals surface area contributed by atoms with Crippen LogP contribution in [-0.4, -0.2) is 22.0 Å². The van der Waals surface area contributed by atoms with Crippen molar-refractivity contribution in [2.75, 3.05) is 17.7 Å². The standard InChI is InChI=1S/C10H10F3N5S/c1-14-9-17-7(10(11,12)13)2-8(18-9)16-4-6-3-15-5-19-6/h2-3,5H,4H2,1H3,(H2,14,16,17,18). The molecule has 2 rings (SSSR count). The molecule has 102 valence electrons. The van der Waals surface area contributed by atoms with Gasteiger partial charge in [-0.3, -0.25) is 4.98 Å². The highest BCUT2D eigenvalue weighted by Gasteiger charge is 2.33. The van der Waals surface area contributed by atoms with Crippen molar-refractivity contribution in [2.45, 2.75) is 12.7 Å². The average molecular weight is 289 g/mol. The predicted molar refractivity (Wildman–Crippen MR) is 66.0 cm³/mol. The Bertz CT molecular complexity index is 541. The van der Waals surface area contributed by atoms with E-state index < -0.39 is 11.9 Å². The number of nitrogens with one attached hydrogen (secondary N) is 2. The van der Waals surface area contributed by atoms with Gasteiger partial charge in [0.05, 0.1) is 12.1 Å². The molecule has 2 heterocycles. The highest BCUT2D eigenvalue weighted by Crippen LogP contribution is 2.29. The van der Waals surface area contributed by atoms with Gasteiger partial charge in [0.15, 0.2) is 5.69 Å². The first kappa shape index (κ1) is 13.5. The molecule has 0 aliphatic heterocycles. The van der Waals surface area contributed by atoms with Crippen molar-refractivity contribution in [3.8, 4) is 0 Å². The maximum Gasteiger partial charge on any atom is 0.433 e. The molecule has 2 aromatic rings. The number of halogens is 3. The first-order valence-corrected chi connectivity index (χ1v) is 6.12. The number of rotatable bonds is 4. The maximum absolute atomic E-state index is 12.6. The Balaban J connectivity index is 2.19. The third-order valence-corrected chi connectivity index (χ3v) is 2.95. The van der Waals surface area contributed by atoms with E-state index in [2.05, 4.69) is 25.6 Å². The molecule has 5 nitrogen and oxygen atoms in total. The summed E-state index contributed by atoms with van der Waals surface area (Å²) in [5.41, 5.74) is 0.663. The van der Waals surface area contributed by atoms with E-state index in [0.717, 1.165) is 10.9 Å². The van der Waals surface area contributed by atoms with Gasteiger partial charge in [-0.05, 0) is 0 Å². The Kier molecular flexibility index (Phi) is 3.84. The lowest BCUT2D eigenvalue weighted by Crippen LogP contribution is -2.12. The van der Waals surface area contributed by atoms with Gasteiger partial charge in [0.25, 0.3) is 0 Å². The molecule has 2 aromatic heterocycles. The van der Waals surface area contributed by atoms with E-state index in [0.29, 0.717) is 6.54 Å². The predicted octanol–water partition coefficient (Wildman–Crippen LogP) is 2.61. The molecule has 0 aromatic carbocycles. The van der Waals surface area contributed by atoms with Crippen molar-refractivity contribution in [2.24, 2.45) is 0 Å². The van der Waals surface area contributed by atoms with Crippen molar-refractivity contribution in [3.05, 3.63) is 28.3 Å². The van der Waals surface area contributed by atoms with Gasteiger partial charge in [-0.1, -0.05) is 0 Å². The molecule has 0 bridgehead atoms. The van der Waals surface area contributed by atoms with Crippen LogP contribution in [0.5, 0.6) is 0 Å². The number of hydrogen-bond acceptors (Lipinski definition) is 6. The van der Waals surface area contributed by atoms with Crippen LogP contribution in [0.15, 0.2) is 17.8 Å². The third-order valence-electron chi connectivity index (χ3n) is 2.17. The third kappa shape index (κ3) is 3.53. The Morgan fingerprint density at radius 3 is 2.68 bits per heavy atom. The smallest absolute Gasteiger partial charge is 0.365 e. The summed E-state index contributed by atoms with van der Waals surface area (Å²) >= 11 is 1.41. The average Bonchev–Trinajstić information content (AvgIpc) is 2.88. The van der Waals surface area contributed by atoms with Gasteiger partial charge in [-0.25, -0.2) is 4.98 Å². The Morgan fingerprint density at radius 1 is 1.32 bits per heavy atom.